The molecule has 4 aliphatic rings. The largest absolute Gasteiger partial charge is 0.497 e. The summed E-state index contributed by atoms with van der Waals surface area (Å²) in [4.78, 5) is 107. The zero-order valence-electron chi connectivity index (χ0n) is 82.6. The molecule has 46 heteroatoms. The van der Waals surface area contributed by atoms with Crippen LogP contribution in [0, 0.1) is 23.8 Å². The lowest BCUT2D eigenvalue weighted by Gasteiger charge is -2.39. The molecule has 0 radical (unpaired) electrons. The summed E-state index contributed by atoms with van der Waals surface area (Å²) >= 11 is 0. The minimum absolute atomic E-state index is 0.0735. The number of alkyl halides is 4. The number of rotatable bonds is 38. The van der Waals surface area contributed by atoms with Crippen molar-refractivity contribution in [3.63, 3.8) is 0 Å². The van der Waals surface area contributed by atoms with Crippen molar-refractivity contribution in [2.75, 3.05) is 68.5 Å². The number of fused-ring (bicyclic) bond motifs is 4. The number of aliphatic hydroxyl groups is 1. The van der Waals surface area contributed by atoms with Crippen LogP contribution in [0.3, 0.4) is 0 Å². The van der Waals surface area contributed by atoms with Crippen LogP contribution in [0.15, 0.2) is 251 Å². The molecular weight excluding hydrogens is 1980 g/mol. The van der Waals surface area contributed by atoms with Gasteiger partial charge < -0.3 is 87.0 Å². The molecule has 0 aliphatic carbocycles. The number of aromatic nitrogens is 16. The summed E-state index contributed by atoms with van der Waals surface area (Å²) in [7, 11) is -1.12. The number of nitrogens with zero attached hydrogens (tertiary/aromatic N) is 19. The lowest BCUT2D eigenvalue weighted by Crippen LogP contribution is -2.44. The first-order chi connectivity index (χ1) is 73.0. The molecule has 7 aromatic carbocycles. The van der Waals surface area contributed by atoms with Gasteiger partial charge in [0.25, 0.3) is 32.2 Å². The van der Waals surface area contributed by atoms with E-state index in [2.05, 4.69) is 90.6 Å². The molecule has 4 fully saturated rings. The van der Waals surface area contributed by atoms with E-state index in [4.69, 9.17) is 62.3 Å². The fourth-order valence-corrected chi connectivity index (χ4v) is 20.8. The van der Waals surface area contributed by atoms with Crippen molar-refractivity contribution < 1.29 is 97.6 Å². The molecule has 4 saturated heterocycles. The average molecular weight is 2090 g/mol. The standard InChI is InChI=1S/C59H54F2N11O10P.C27H35FN7O4P.C18H18FN5O3/c1-4-43-50(46(61)58(79-43)72-35-68-48-52(64-33-66-54(48)72)70-56(74)37-17-10-6-11-18-37)82-83(77-30-14-29-62)78-31-44-49(45(60)57(80-44)71-34-67-47-51(63-32-65-53(47)71)69-55(73)36-15-8-5-9-16-36)81-59(38-19-12-7-13-20-38,39-21-25-41(75-2)26-22-39)40-23-27-42(76-3)28-24-40;1-7-20-23(39-40(37-14-13-29-6)35(17(2)3)18(4)5)21(28)27(38-20)34-16-32-22-24(30-15-31-25(22)34)33-26(36)19-11-9-8-10-12-19;1-10-12(7-25)27-18(13(10)19)24-9-22-14-15(20-8-21-16(14)24)23-17(26)11-5-3-2-4-6-11/h5-13,15-28,32-35,43-46,49-50,57-58H,4,14,30-31H2,1-3H3,(H,63,65,69,73)(H,64,66,70,74);8-12,15-18,20-21,23,27H,7,13-14H2,1-5H3,(H,30,31,33,36);2-6,8-10,12-13,18,25H,7H2,1H3,(H,20,21,23,26)/t43-,44-,45?,46+,49+,50?,57-,58-,83?;20-,21+,23?,27-,40?;10?,12-,13+,18-/m111/s1. The molecule has 778 valence electrons. The van der Waals surface area contributed by atoms with Gasteiger partial charge in [-0.25, -0.2) is 88.6 Å². The molecule has 18 atom stereocenters. The number of halogens is 4. The van der Waals surface area contributed by atoms with Gasteiger partial charge in [-0.2, -0.15) is 5.26 Å². The Morgan fingerprint density at radius 1 is 0.453 bits per heavy atom. The summed E-state index contributed by atoms with van der Waals surface area (Å²) in [6, 6.07) is 60.5. The summed E-state index contributed by atoms with van der Waals surface area (Å²) < 4.78 is 149. The number of methoxy groups -OCH3 is 2. The molecule has 40 nitrogen and oxygen atoms in total. The molecule has 0 saturated carbocycles. The van der Waals surface area contributed by atoms with Gasteiger partial charge >= 0.3 is 8.60 Å². The quantitative estimate of drug-likeness (QED) is 0.00789. The number of hydrogen-bond donors (Lipinski definition) is 5. The van der Waals surface area contributed by atoms with Gasteiger partial charge in [0.1, 0.15) is 73.4 Å². The van der Waals surface area contributed by atoms with Crippen LogP contribution < -0.4 is 30.7 Å². The van der Waals surface area contributed by atoms with Gasteiger partial charge in [-0.05, 0) is 130 Å². The molecule has 8 aromatic heterocycles. The average Bonchev–Trinajstić information content (AvgIpc) is 1.09. The third-order valence-electron chi connectivity index (χ3n) is 25.4. The van der Waals surface area contributed by atoms with E-state index in [1.807, 2.05) is 107 Å². The predicted molar refractivity (Wildman–Crippen MR) is 543 cm³/mol. The van der Waals surface area contributed by atoms with Gasteiger partial charge in [-0.1, -0.05) is 148 Å². The Morgan fingerprint density at radius 3 is 1.13 bits per heavy atom. The summed E-state index contributed by atoms with van der Waals surface area (Å²) in [5.41, 5.74) is 3.89. The smallest absolute Gasteiger partial charge is 0.333 e. The molecule has 0 bridgehead atoms. The van der Waals surface area contributed by atoms with Gasteiger partial charge in [0.15, 0.2) is 118 Å². The first kappa shape index (κ1) is 107. The Bertz CT molecular complexity index is 7130. The highest BCUT2D eigenvalue weighted by Gasteiger charge is 2.56. The summed E-state index contributed by atoms with van der Waals surface area (Å²) in [6.45, 7) is 20.1. The van der Waals surface area contributed by atoms with Gasteiger partial charge in [0.05, 0.1) is 90.2 Å². The van der Waals surface area contributed by atoms with E-state index in [9.17, 15) is 33.9 Å². The molecule has 12 heterocycles. The van der Waals surface area contributed by atoms with Crippen molar-refractivity contribution in [3.8, 4) is 17.6 Å². The van der Waals surface area contributed by atoms with Crippen molar-refractivity contribution >= 4 is 109 Å². The number of ether oxygens (including phenoxy) is 7. The first-order valence-electron chi connectivity index (χ1n) is 48.3. The Labute approximate surface area is 860 Å². The van der Waals surface area contributed by atoms with E-state index in [-0.39, 0.29) is 109 Å². The number of nitriles is 1. The van der Waals surface area contributed by atoms with E-state index >= 15 is 13.2 Å². The number of aliphatic hydroxyl groups excluding tert-OH is 1. The summed E-state index contributed by atoms with van der Waals surface area (Å²) in [5, 5.41) is 30.0. The van der Waals surface area contributed by atoms with Gasteiger partial charge in [-0.15, -0.1) is 0 Å². The minimum Gasteiger partial charge on any atom is -0.497 e. The predicted octanol–water partition coefficient (Wildman–Crippen LogP) is 17.3. The zero-order valence-corrected chi connectivity index (χ0v) is 84.4. The van der Waals surface area contributed by atoms with Crippen LogP contribution in [0.25, 0.3) is 49.5 Å². The van der Waals surface area contributed by atoms with E-state index in [0.29, 0.717) is 79.2 Å². The molecule has 5 N–H and O–H groups in total. The van der Waals surface area contributed by atoms with E-state index in [1.54, 1.807) is 162 Å². The third-order valence-corrected chi connectivity index (χ3v) is 28.7. The summed E-state index contributed by atoms with van der Waals surface area (Å²) in [6.07, 6.45) is -7.44. The number of carbonyl (C=O) groups is 4. The Morgan fingerprint density at radius 2 is 0.793 bits per heavy atom. The number of hydrogen-bond acceptors (Lipinski definition) is 31. The van der Waals surface area contributed by atoms with Gasteiger partial charge in [0.2, 0.25) is 6.54 Å². The van der Waals surface area contributed by atoms with Gasteiger partial charge in [-0.3, -0.25) is 37.4 Å². The molecule has 150 heavy (non-hydrogen) atoms. The fourth-order valence-electron chi connectivity index (χ4n) is 17.9. The molecule has 4 amide bonds. The molecular formula is C104H107F4N23O17P2. The van der Waals surface area contributed by atoms with Gasteiger partial charge in [0, 0.05) is 40.3 Å². The third kappa shape index (κ3) is 23.2. The topological polar surface area (TPSA) is 453 Å². The number of imidazole rings is 4. The van der Waals surface area contributed by atoms with Crippen LogP contribution in [0.2, 0.25) is 0 Å². The minimum atomic E-state index is -2.57. The van der Waals surface area contributed by atoms with Crippen LogP contribution in [0.4, 0.5) is 40.8 Å². The molecule has 0 spiro atoms. The number of carbonyl (C=O) groups excluding carboxylic acids is 4. The van der Waals surface area contributed by atoms with Crippen LogP contribution in [-0.4, -0.2) is 238 Å². The lowest BCUT2D eigenvalue weighted by atomic mass is 9.79. The molecule has 4 aliphatic heterocycles. The highest BCUT2D eigenvalue weighted by Crippen LogP contribution is 2.54. The van der Waals surface area contributed by atoms with E-state index in [1.165, 1.54) is 68.9 Å². The maximum atomic E-state index is 18.4. The second-order valence-electron chi connectivity index (χ2n) is 35.4. The normalized spacial score (nSPS) is 21.9. The van der Waals surface area contributed by atoms with Crippen molar-refractivity contribution in [1.29, 1.82) is 5.26 Å². The van der Waals surface area contributed by atoms with Crippen LogP contribution >= 0.6 is 17.1 Å². The maximum absolute atomic E-state index is 18.4. The molecule has 6 unspecified atom stereocenters. The number of amides is 4. The Kier molecular flexibility index (Phi) is 34.9. The number of anilines is 4. The van der Waals surface area contributed by atoms with Crippen LogP contribution in [0.5, 0.6) is 11.5 Å². The molecule has 19 rings (SSSR count). The van der Waals surface area contributed by atoms with Crippen molar-refractivity contribution in [1.82, 2.24) is 82.7 Å². The number of benzene rings is 7. The molecule has 15 aromatic rings. The lowest BCUT2D eigenvalue weighted by molar-refractivity contribution is -0.104. The zero-order chi connectivity index (χ0) is 105. The highest BCUT2D eigenvalue weighted by atomic mass is 31.2. The monoisotopic (exact) mass is 2090 g/mol. The Balaban J connectivity index is 0.000000187. The number of nitrogens with one attached hydrogen (secondary N) is 4. The fraction of sp³-hybridized carbons (Fsp3) is 0.346. The van der Waals surface area contributed by atoms with Crippen LogP contribution in [0.1, 0.15) is 151 Å². The van der Waals surface area contributed by atoms with Crippen molar-refractivity contribution in [2.45, 2.75) is 178 Å². The van der Waals surface area contributed by atoms with Crippen molar-refractivity contribution in [3.05, 3.63) is 301 Å². The second kappa shape index (κ2) is 49.2. The van der Waals surface area contributed by atoms with Crippen molar-refractivity contribution in [2.24, 2.45) is 5.92 Å². The van der Waals surface area contributed by atoms with E-state index < -0.39 is 139 Å². The van der Waals surface area contributed by atoms with Crippen LogP contribution in [-0.2, 0) is 51.9 Å². The first-order valence-corrected chi connectivity index (χ1v) is 50.5. The summed E-state index contributed by atoms with van der Waals surface area (Å²) in [5.74, 6) is -0.278. The van der Waals surface area contributed by atoms with E-state index in [0.717, 1.165) is 0 Å². The SMILES string of the molecule is CC1[C@@H](CO)O[C@@H](n2cnc3c(NC(=O)c4ccccc4)ncnc32)[C@H]1F.CC[C@H]1O[C@@H](n2cnc3c(NC(=O)c4ccccc4)ncnc32)[C@@H](F)C1OP(OCCC#N)OC[C@H]1O[C@@H](n2cnc3c(NC(=O)c4ccccc4)ncnc32)C(F)[C@H]1OC(c1ccccc1)(c1ccc(OC)cc1)c1ccc(OC)cc1.[C-]#[N+]CCOP(OC1[C@@H](CC)O[C@@H](n2cnc3c(NC(=O)c4ccccc4)ncnc32)[C@H]1F)N(C(C)C)C(C)C. The second-order valence-corrected chi connectivity index (χ2v) is 38.0. The maximum Gasteiger partial charge on any atom is 0.333 e. The Hall–Kier alpha value is -14.7. The highest BCUT2D eigenvalue weighted by molar-refractivity contribution is 7.44.